The SMILES string of the molecule is COc1c([NH+](N)[O-])ncn1C1O[C@H](C)C(C)C1O. The van der Waals surface area contributed by atoms with Gasteiger partial charge in [0.25, 0.3) is 5.88 Å². The zero-order valence-corrected chi connectivity index (χ0v) is 10.5. The molecule has 0 aromatic carbocycles. The molecule has 0 saturated carbocycles. The molecule has 4 N–H and O–H groups in total. The van der Waals surface area contributed by atoms with E-state index < -0.39 is 17.5 Å². The summed E-state index contributed by atoms with van der Waals surface area (Å²) in [6.07, 6.45) is -0.0130. The van der Waals surface area contributed by atoms with E-state index in [-0.39, 0.29) is 23.7 Å². The van der Waals surface area contributed by atoms with E-state index in [1.807, 2.05) is 13.8 Å². The van der Waals surface area contributed by atoms with Gasteiger partial charge in [-0.25, -0.2) is 5.17 Å². The predicted molar refractivity (Wildman–Crippen MR) is 61.7 cm³/mol. The van der Waals surface area contributed by atoms with Crippen molar-refractivity contribution in [2.75, 3.05) is 7.11 Å². The number of aromatic nitrogens is 2. The van der Waals surface area contributed by atoms with Crippen LogP contribution in [0.15, 0.2) is 6.33 Å². The summed E-state index contributed by atoms with van der Waals surface area (Å²) in [5.41, 5.74) is 0. The summed E-state index contributed by atoms with van der Waals surface area (Å²) in [7, 11) is 1.41. The van der Waals surface area contributed by atoms with Gasteiger partial charge in [0, 0.05) is 5.92 Å². The minimum Gasteiger partial charge on any atom is -0.607 e. The zero-order chi connectivity index (χ0) is 13.4. The molecular formula is C10H18N4O4. The molecule has 0 aliphatic carbocycles. The average Bonchev–Trinajstić information content (AvgIpc) is 2.86. The van der Waals surface area contributed by atoms with Gasteiger partial charge >= 0.3 is 5.82 Å². The standard InChI is InChI=1S/C10H18N4O4/c1-5-6(2)18-9(7(5)15)13-4-12-8(14(11)16)10(13)17-3/h4-7,9,14-15H,11H2,1-3H3/t5?,6-,7?,9?/m1/s1. The van der Waals surface area contributed by atoms with Gasteiger partial charge in [-0.3, -0.25) is 4.57 Å². The number of methoxy groups -OCH3 is 1. The molecule has 1 aliphatic heterocycles. The first-order chi connectivity index (χ1) is 8.47. The number of nitrogens with two attached hydrogens (primary N) is 1. The lowest BCUT2D eigenvalue weighted by molar-refractivity contribution is -0.792. The van der Waals surface area contributed by atoms with Crippen molar-refractivity contribution in [1.29, 1.82) is 0 Å². The zero-order valence-electron chi connectivity index (χ0n) is 10.5. The quantitative estimate of drug-likeness (QED) is 0.459. The highest BCUT2D eigenvalue weighted by Gasteiger charge is 2.41. The summed E-state index contributed by atoms with van der Waals surface area (Å²) in [6, 6.07) is 0. The fraction of sp³-hybridized carbons (Fsp3) is 0.700. The van der Waals surface area contributed by atoms with Crippen LogP contribution in [0.3, 0.4) is 0 Å². The van der Waals surface area contributed by atoms with Gasteiger partial charge in [0.1, 0.15) is 12.4 Å². The first kappa shape index (κ1) is 13.2. The minimum atomic E-state index is -0.691. The molecule has 102 valence electrons. The van der Waals surface area contributed by atoms with Crippen LogP contribution in [0.25, 0.3) is 0 Å². The van der Waals surface area contributed by atoms with Gasteiger partial charge in [0.05, 0.1) is 13.2 Å². The monoisotopic (exact) mass is 258 g/mol. The van der Waals surface area contributed by atoms with Gasteiger partial charge in [-0.2, -0.15) is 10.8 Å². The Bertz CT molecular complexity index is 422. The molecule has 1 fully saturated rings. The van der Waals surface area contributed by atoms with Crippen molar-refractivity contribution < 1.29 is 19.8 Å². The Labute approximate surface area is 104 Å². The maximum Gasteiger partial charge on any atom is 0.308 e. The molecule has 18 heavy (non-hydrogen) atoms. The highest BCUT2D eigenvalue weighted by molar-refractivity contribution is 5.34. The van der Waals surface area contributed by atoms with Gasteiger partial charge in [-0.05, 0) is 6.92 Å². The largest absolute Gasteiger partial charge is 0.607 e. The second kappa shape index (κ2) is 4.82. The number of hydrogen-bond donors (Lipinski definition) is 3. The maximum atomic E-state index is 11.2. The van der Waals surface area contributed by atoms with Gasteiger partial charge in [0.2, 0.25) is 0 Å². The molecule has 0 amide bonds. The molecule has 2 rings (SSSR count). The first-order valence-corrected chi connectivity index (χ1v) is 5.71. The van der Waals surface area contributed by atoms with Crippen LogP contribution >= 0.6 is 0 Å². The summed E-state index contributed by atoms with van der Waals surface area (Å²) in [4.78, 5) is 3.89. The summed E-state index contributed by atoms with van der Waals surface area (Å²) in [5.74, 6) is 5.41. The van der Waals surface area contributed by atoms with E-state index in [2.05, 4.69) is 4.98 Å². The van der Waals surface area contributed by atoms with Crippen LogP contribution in [-0.4, -0.2) is 34.0 Å². The van der Waals surface area contributed by atoms with Crippen LogP contribution in [0.2, 0.25) is 0 Å². The fourth-order valence-corrected chi connectivity index (χ4v) is 2.09. The van der Waals surface area contributed by atoms with Gasteiger partial charge in [-0.1, -0.05) is 6.92 Å². The third-order valence-electron chi connectivity index (χ3n) is 3.37. The minimum absolute atomic E-state index is 0.0147. The molecule has 0 bridgehead atoms. The highest BCUT2D eigenvalue weighted by atomic mass is 16.6. The Hall–Kier alpha value is -1.19. The van der Waals surface area contributed by atoms with Gasteiger partial charge in [-0.15, -0.1) is 0 Å². The summed E-state index contributed by atoms with van der Waals surface area (Å²) in [5, 5.41) is 20.6. The maximum absolute atomic E-state index is 11.2. The number of aliphatic hydroxyl groups is 1. The van der Waals surface area contributed by atoms with E-state index in [0.717, 1.165) is 0 Å². The number of imidazole rings is 1. The Morgan fingerprint density at radius 2 is 2.28 bits per heavy atom. The van der Waals surface area contributed by atoms with Crippen molar-refractivity contribution in [2.45, 2.75) is 32.3 Å². The molecule has 1 aromatic rings. The predicted octanol–water partition coefficient (Wildman–Crippen LogP) is -1.31. The van der Waals surface area contributed by atoms with Crippen LogP contribution in [0, 0.1) is 11.1 Å². The summed E-state index contributed by atoms with van der Waals surface area (Å²) >= 11 is 0. The number of quaternary nitrogens is 1. The third-order valence-corrected chi connectivity index (χ3v) is 3.37. The van der Waals surface area contributed by atoms with Crippen LogP contribution in [0.5, 0.6) is 5.88 Å². The van der Waals surface area contributed by atoms with E-state index in [1.165, 1.54) is 18.0 Å². The molecule has 1 aliphatic rings. The van der Waals surface area contributed by atoms with Crippen LogP contribution in [-0.2, 0) is 4.74 Å². The van der Waals surface area contributed by atoms with Crippen LogP contribution in [0.4, 0.5) is 5.82 Å². The topological polar surface area (TPSA) is 110 Å². The molecular weight excluding hydrogens is 240 g/mol. The van der Waals surface area contributed by atoms with E-state index >= 15 is 0 Å². The molecule has 1 saturated heterocycles. The lowest BCUT2D eigenvalue weighted by atomic mass is 10.0. The second-order valence-corrected chi connectivity index (χ2v) is 4.46. The van der Waals surface area contributed by atoms with Crippen molar-refractivity contribution in [2.24, 2.45) is 11.8 Å². The Morgan fingerprint density at radius 1 is 1.61 bits per heavy atom. The number of rotatable bonds is 3. The van der Waals surface area contributed by atoms with Gasteiger partial charge in [0.15, 0.2) is 6.23 Å². The second-order valence-electron chi connectivity index (χ2n) is 4.46. The summed E-state index contributed by atoms with van der Waals surface area (Å²) < 4.78 is 12.3. The van der Waals surface area contributed by atoms with Crippen molar-refractivity contribution in [3.05, 3.63) is 11.5 Å². The molecule has 5 atom stereocenters. The smallest absolute Gasteiger partial charge is 0.308 e. The first-order valence-electron chi connectivity index (χ1n) is 5.71. The Balaban J connectivity index is 2.34. The van der Waals surface area contributed by atoms with Crippen LogP contribution in [0.1, 0.15) is 20.1 Å². The number of nitrogens with one attached hydrogen (secondary N) is 1. The molecule has 1 aromatic heterocycles. The number of nitrogens with zero attached hydrogens (tertiary/aromatic N) is 2. The Morgan fingerprint density at radius 3 is 2.72 bits per heavy atom. The van der Waals surface area contributed by atoms with Gasteiger partial charge < -0.3 is 19.8 Å². The highest BCUT2D eigenvalue weighted by Crippen LogP contribution is 2.36. The van der Waals surface area contributed by atoms with Crippen molar-refractivity contribution in [3.63, 3.8) is 0 Å². The van der Waals surface area contributed by atoms with E-state index in [9.17, 15) is 10.3 Å². The number of aliphatic hydroxyl groups excluding tert-OH is 1. The normalized spacial score (nSPS) is 33.7. The molecule has 2 heterocycles. The van der Waals surface area contributed by atoms with Crippen molar-refractivity contribution in [3.8, 4) is 5.88 Å². The molecule has 8 nitrogen and oxygen atoms in total. The fourth-order valence-electron chi connectivity index (χ4n) is 2.09. The third kappa shape index (κ3) is 1.98. The van der Waals surface area contributed by atoms with E-state index in [1.54, 1.807) is 0 Å². The Kier molecular flexibility index (Phi) is 3.55. The van der Waals surface area contributed by atoms with Crippen molar-refractivity contribution >= 4 is 5.82 Å². The molecule has 0 radical (unpaired) electrons. The lowest BCUT2D eigenvalue weighted by Crippen LogP contribution is -3.08. The molecule has 8 heteroatoms. The van der Waals surface area contributed by atoms with Crippen LogP contribution < -0.4 is 15.8 Å². The number of hydrogen-bond acceptors (Lipinski definition) is 6. The lowest BCUT2D eigenvalue weighted by Gasteiger charge is -2.19. The number of nitrogen functional groups attached to an aromatic ring is 1. The van der Waals surface area contributed by atoms with E-state index in [4.69, 9.17) is 15.3 Å². The van der Waals surface area contributed by atoms with E-state index in [0.29, 0.717) is 0 Å². The average molecular weight is 258 g/mol. The molecule has 4 unspecified atom stereocenters. The number of ether oxygens (including phenoxy) is 2. The molecule has 0 spiro atoms. The summed E-state index contributed by atoms with van der Waals surface area (Å²) in [6.45, 7) is 3.78. The van der Waals surface area contributed by atoms with Crippen molar-refractivity contribution in [1.82, 2.24) is 9.55 Å².